The van der Waals surface area contributed by atoms with Crippen molar-refractivity contribution in [2.24, 2.45) is 5.92 Å². The lowest BCUT2D eigenvalue weighted by atomic mass is 9.84. The van der Waals surface area contributed by atoms with Crippen LogP contribution in [0.25, 0.3) is 0 Å². The molecular weight excluding hydrogens is 488 g/mol. The number of nitrogens with one attached hydrogen (secondary N) is 3. The number of halogens is 1. The molecular formula is C24H34ClN6O3S-. The molecule has 0 bridgehead atoms. The quantitative estimate of drug-likeness (QED) is 0.428. The van der Waals surface area contributed by atoms with E-state index in [9.17, 15) is 8.76 Å². The van der Waals surface area contributed by atoms with Crippen LogP contribution in [0.15, 0.2) is 18.3 Å². The molecule has 1 aliphatic carbocycles. The van der Waals surface area contributed by atoms with Crippen molar-refractivity contribution in [2.75, 3.05) is 43.9 Å². The molecule has 192 valence electrons. The second kappa shape index (κ2) is 12.3. The van der Waals surface area contributed by atoms with Gasteiger partial charge in [0.05, 0.1) is 19.0 Å². The summed E-state index contributed by atoms with van der Waals surface area (Å²) in [5, 5.41) is 7.19. The minimum atomic E-state index is -2.27. The fraction of sp³-hybridized carbons (Fsp3) is 0.583. The number of fused-ring (bicyclic) bond motifs is 1. The molecule has 4 rings (SSSR count). The Labute approximate surface area is 214 Å². The number of ether oxygens (including phenoxy) is 1. The number of likely N-dealkylation sites (N-methyl/N-ethyl adjacent to an activating group) is 1. The molecule has 2 heterocycles. The van der Waals surface area contributed by atoms with Crippen LogP contribution in [0.1, 0.15) is 43.7 Å². The van der Waals surface area contributed by atoms with Gasteiger partial charge in [0.15, 0.2) is 5.82 Å². The Hall–Kier alpha value is -1.98. The van der Waals surface area contributed by atoms with Gasteiger partial charge in [0.1, 0.15) is 10.8 Å². The molecule has 1 aliphatic heterocycles. The van der Waals surface area contributed by atoms with Crippen molar-refractivity contribution < 1.29 is 13.5 Å². The maximum Gasteiger partial charge on any atom is 0.229 e. The van der Waals surface area contributed by atoms with E-state index in [1.165, 1.54) is 11.1 Å². The molecule has 0 saturated heterocycles. The lowest BCUT2D eigenvalue weighted by Crippen LogP contribution is -2.39. The lowest BCUT2D eigenvalue weighted by Gasteiger charge is -2.33. The Morgan fingerprint density at radius 3 is 2.83 bits per heavy atom. The van der Waals surface area contributed by atoms with Crippen molar-refractivity contribution >= 4 is 40.3 Å². The van der Waals surface area contributed by atoms with Crippen molar-refractivity contribution in [1.82, 2.24) is 19.6 Å². The maximum atomic E-state index is 11.0. The van der Waals surface area contributed by atoms with Crippen LogP contribution in [0.2, 0.25) is 5.02 Å². The van der Waals surface area contributed by atoms with E-state index in [4.69, 9.17) is 16.3 Å². The van der Waals surface area contributed by atoms with Crippen LogP contribution in [-0.4, -0.2) is 63.0 Å². The molecule has 1 aromatic heterocycles. The predicted octanol–water partition coefficient (Wildman–Crippen LogP) is 3.66. The van der Waals surface area contributed by atoms with Gasteiger partial charge in [-0.3, -0.25) is 4.21 Å². The Morgan fingerprint density at radius 1 is 1.26 bits per heavy atom. The summed E-state index contributed by atoms with van der Waals surface area (Å²) in [4.78, 5) is 11.5. The van der Waals surface area contributed by atoms with Crippen LogP contribution >= 0.6 is 11.6 Å². The van der Waals surface area contributed by atoms with Crippen molar-refractivity contribution in [2.45, 2.75) is 51.5 Å². The van der Waals surface area contributed by atoms with E-state index in [2.05, 4.69) is 43.2 Å². The topological polar surface area (TPSA) is 114 Å². The molecule has 1 unspecified atom stereocenters. The van der Waals surface area contributed by atoms with Crippen LogP contribution in [0.5, 0.6) is 5.75 Å². The Morgan fingerprint density at radius 2 is 2.06 bits per heavy atom. The molecule has 2 aliphatic rings. The molecule has 35 heavy (non-hydrogen) atoms. The standard InChI is InChI=1S/C24H35ClN6O3S/c1-3-31-12-10-16-8-9-21(22(34-2)18(16)11-13-31)29-24-26-15-19(25)23(30-24)28-20-7-5-4-6-17(20)14-27-35(32)33/h8-9,15,17,20,27H,3-7,10-14H2,1-2H3,(H,32,33)(H2,26,28,29,30)/p-1/t17-,20-/m1/s1. The van der Waals surface area contributed by atoms with Crippen LogP contribution in [0.3, 0.4) is 0 Å². The summed E-state index contributed by atoms with van der Waals surface area (Å²) < 4.78 is 30.3. The zero-order valence-corrected chi connectivity index (χ0v) is 21.9. The fourth-order valence-electron chi connectivity index (χ4n) is 5.13. The maximum absolute atomic E-state index is 11.0. The average molecular weight is 522 g/mol. The number of nitrogens with zero attached hydrogens (tertiary/aromatic N) is 3. The zero-order valence-electron chi connectivity index (χ0n) is 20.3. The molecule has 3 N–H and O–H groups in total. The van der Waals surface area contributed by atoms with Gasteiger partial charge in [-0.25, -0.2) is 9.71 Å². The van der Waals surface area contributed by atoms with Gasteiger partial charge in [-0.05, 0) is 49.8 Å². The van der Waals surface area contributed by atoms with Gasteiger partial charge in [0.25, 0.3) is 0 Å². The normalized spacial score (nSPS) is 21.6. The average Bonchev–Trinajstić information content (AvgIpc) is 3.07. The number of hydrogen-bond donors (Lipinski definition) is 3. The highest BCUT2D eigenvalue weighted by Crippen LogP contribution is 2.36. The van der Waals surface area contributed by atoms with Crippen LogP contribution in [0.4, 0.5) is 17.5 Å². The summed E-state index contributed by atoms with van der Waals surface area (Å²) in [6, 6.07) is 4.26. The summed E-state index contributed by atoms with van der Waals surface area (Å²) in [5.41, 5.74) is 3.37. The van der Waals surface area contributed by atoms with Crippen LogP contribution < -0.4 is 20.1 Å². The number of methoxy groups -OCH3 is 1. The van der Waals surface area contributed by atoms with E-state index >= 15 is 0 Å². The van der Waals surface area contributed by atoms with E-state index in [-0.39, 0.29) is 12.0 Å². The first kappa shape index (κ1) is 26.1. The highest BCUT2D eigenvalue weighted by atomic mass is 35.5. The number of anilines is 3. The van der Waals surface area contributed by atoms with E-state index < -0.39 is 11.3 Å². The third-order valence-electron chi connectivity index (χ3n) is 7.07. The Bertz CT molecular complexity index is 1040. The molecule has 1 fully saturated rings. The molecule has 3 atom stereocenters. The Balaban J connectivity index is 1.52. The molecule has 1 saturated carbocycles. The summed E-state index contributed by atoms with van der Waals surface area (Å²) in [6.07, 6.45) is 7.53. The monoisotopic (exact) mass is 521 g/mol. The predicted molar refractivity (Wildman–Crippen MR) is 139 cm³/mol. The number of hydrogen-bond acceptors (Lipinski definition) is 8. The molecule has 9 nitrogen and oxygen atoms in total. The van der Waals surface area contributed by atoms with Gasteiger partial charge < -0.3 is 24.8 Å². The van der Waals surface area contributed by atoms with E-state index in [1.54, 1.807) is 13.3 Å². The summed E-state index contributed by atoms with van der Waals surface area (Å²) in [6.45, 7) is 5.69. The molecule has 0 amide bonds. The smallest absolute Gasteiger partial charge is 0.229 e. The van der Waals surface area contributed by atoms with Crippen molar-refractivity contribution in [3.8, 4) is 5.75 Å². The fourth-order valence-corrected chi connectivity index (χ4v) is 5.62. The SMILES string of the molecule is CCN1CCc2ccc(Nc3ncc(Cl)c(N[C@@H]4CCCC[C@@H]4CNS(=O)[O-])n3)c(OC)c2CC1. The third kappa shape index (κ3) is 6.62. The van der Waals surface area contributed by atoms with Gasteiger partial charge in [-0.2, -0.15) is 4.98 Å². The third-order valence-corrected chi connectivity index (χ3v) is 7.75. The number of aromatic nitrogens is 2. The van der Waals surface area contributed by atoms with Gasteiger partial charge in [-0.15, -0.1) is 0 Å². The first-order valence-corrected chi connectivity index (χ1v) is 13.7. The minimum Gasteiger partial charge on any atom is -0.760 e. The number of rotatable bonds is 9. The summed E-state index contributed by atoms with van der Waals surface area (Å²) in [7, 11) is 1.70. The molecule has 2 aromatic rings. The van der Waals surface area contributed by atoms with E-state index in [0.717, 1.165) is 69.6 Å². The highest BCUT2D eigenvalue weighted by molar-refractivity contribution is 7.77. The highest BCUT2D eigenvalue weighted by Gasteiger charge is 2.26. The molecule has 0 radical (unpaired) electrons. The molecule has 1 aromatic carbocycles. The first-order valence-electron chi connectivity index (χ1n) is 12.3. The lowest BCUT2D eigenvalue weighted by molar-refractivity contribution is 0.302. The second-order valence-corrected chi connectivity index (χ2v) is 10.3. The summed E-state index contributed by atoms with van der Waals surface area (Å²) >= 11 is 4.16. The summed E-state index contributed by atoms with van der Waals surface area (Å²) in [5.74, 6) is 1.95. The first-order chi connectivity index (χ1) is 17.0. The molecule has 11 heteroatoms. The Kier molecular flexibility index (Phi) is 9.18. The van der Waals surface area contributed by atoms with Gasteiger partial charge in [0, 0.05) is 42.5 Å². The van der Waals surface area contributed by atoms with Gasteiger partial charge in [-0.1, -0.05) is 37.4 Å². The van der Waals surface area contributed by atoms with E-state index in [1.807, 2.05) is 6.07 Å². The van der Waals surface area contributed by atoms with Crippen molar-refractivity contribution in [1.29, 1.82) is 0 Å². The molecule has 0 spiro atoms. The largest absolute Gasteiger partial charge is 0.760 e. The minimum absolute atomic E-state index is 0.0728. The van der Waals surface area contributed by atoms with Gasteiger partial charge in [0.2, 0.25) is 5.95 Å². The van der Waals surface area contributed by atoms with Crippen LogP contribution in [-0.2, 0) is 24.1 Å². The number of benzene rings is 1. The van der Waals surface area contributed by atoms with Crippen molar-refractivity contribution in [3.63, 3.8) is 0 Å². The van der Waals surface area contributed by atoms with Crippen molar-refractivity contribution in [3.05, 3.63) is 34.5 Å². The second-order valence-electron chi connectivity index (χ2n) is 9.11. The van der Waals surface area contributed by atoms with Gasteiger partial charge >= 0.3 is 0 Å². The van der Waals surface area contributed by atoms with Crippen LogP contribution in [0, 0.1) is 5.92 Å². The zero-order chi connectivity index (χ0) is 24.8. The van der Waals surface area contributed by atoms with E-state index in [0.29, 0.717) is 23.3 Å².